The lowest BCUT2D eigenvalue weighted by molar-refractivity contribution is -0.0395. The summed E-state index contributed by atoms with van der Waals surface area (Å²) in [6.07, 6.45) is 2.10. The minimum atomic E-state index is -0.790. The average Bonchev–Trinajstić information content (AvgIpc) is 2.98. The molecule has 0 bridgehead atoms. The van der Waals surface area contributed by atoms with Gasteiger partial charge in [-0.25, -0.2) is 0 Å². The summed E-state index contributed by atoms with van der Waals surface area (Å²) in [7, 11) is 0. The summed E-state index contributed by atoms with van der Waals surface area (Å²) in [5.74, 6) is 0.320. The molecule has 0 aromatic carbocycles. The molecule has 2 N–H and O–H groups in total. The van der Waals surface area contributed by atoms with E-state index in [1.54, 1.807) is 0 Å². The zero-order valence-electron chi connectivity index (χ0n) is 10.5. The maximum atomic E-state index is 9.00. The van der Waals surface area contributed by atoms with Crippen molar-refractivity contribution in [3.63, 3.8) is 0 Å². The van der Waals surface area contributed by atoms with Crippen LogP contribution in [0.15, 0.2) is 0 Å². The van der Waals surface area contributed by atoms with Gasteiger partial charge in [-0.2, -0.15) is 5.26 Å². The number of hydrogen-bond donors (Lipinski definition) is 1. The summed E-state index contributed by atoms with van der Waals surface area (Å²) >= 11 is 0. The fourth-order valence-electron chi connectivity index (χ4n) is 1.49. The van der Waals surface area contributed by atoms with Crippen LogP contribution in [0.2, 0.25) is 0 Å². The Bertz CT molecular complexity index is 263. The molecular formula is C12H22N2O2. The summed E-state index contributed by atoms with van der Waals surface area (Å²) in [5.41, 5.74) is 5.01. The van der Waals surface area contributed by atoms with E-state index in [2.05, 4.69) is 6.07 Å². The van der Waals surface area contributed by atoms with Gasteiger partial charge in [-0.3, -0.25) is 0 Å². The van der Waals surface area contributed by atoms with Crippen molar-refractivity contribution in [2.24, 2.45) is 11.7 Å². The summed E-state index contributed by atoms with van der Waals surface area (Å²) in [4.78, 5) is 0. The van der Waals surface area contributed by atoms with Crippen molar-refractivity contribution in [2.45, 2.75) is 44.8 Å². The molecule has 1 rings (SSSR count). The predicted molar refractivity (Wildman–Crippen MR) is 61.8 cm³/mol. The van der Waals surface area contributed by atoms with Crippen LogP contribution in [0, 0.1) is 17.2 Å². The number of ether oxygens (including phenoxy) is 2. The largest absolute Gasteiger partial charge is 0.376 e. The molecule has 0 heterocycles. The second kappa shape index (κ2) is 5.13. The Hall–Kier alpha value is -0.630. The highest BCUT2D eigenvalue weighted by Gasteiger charge is 2.42. The molecule has 1 aliphatic carbocycles. The molecule has 4 heteroatoms. The molecule has 92 valence electrons. The van der Waals surface area contributed by atoms with Gasteiger partial charge in [0.1, 0.15) is 5.54 Å². The van der Waals surface area contributed by atoms with Crippen LogP contribution in [-0.2, 0) is 9.47 Å². The molecule has 4 nitrogen and oxygen atoms in total. The lowest BCUT2D eigenvalue weighted by Gasteiger charge is -2.22. The molecule has 0 spiro atoms. The molecule has 0 saturated heterocycles. The van der Waals surface area contributed by atoms with Crippen LogP contribution in [0.25, 0.3) is 0 Å². The van der Waals surface area contributed by atoms with E-state index < -0.39 is 5.54 Å². The van der Waals surface area contributed by atoms with Gasteiger partial charge >= 0.3 is 0 Å². The highest BCUT2D eigenvalue weighted by molar-refractivity contribution is 5.13. The smallest absolute Gasteiger partial charge is 0.130 e. The fourth-order valence-corrected chi connectivity index (χ4v) is 1.49. The Balaban J connectivity index is 2.13. The Morgan fingerprint density at radius 1 is 1.31 bits per heavy atom. The van der Waals surface area contributed by atoms with Crippen LogP contribution < -0.4 is 5.73 Å². The average molecular weight is 226 g/mol. The Morgan fingerprint density at radius 3 is 2.38 bits per heavy atom. The second-order valence-corrected chi connectivity index (χ2v) is 5.44. The summed E-state index contributed by atoms with van der Waals surface area (Å²) in [6, 6.07) is 2.16. The lowest BCUT2D eigenvalue weighted by atomic mass is 9.98. The third kappa shape index (κ3) is 4.48. The Morgan fingerprint density at radius 2 is 1.94 bits per heavy atom. The van der Waals surface area contributed by atoms with Gasteiger partial charge in [0.15, 0.2) is 0 Å². The molecule has 1 fully saturated rings. The minimum absolute atomic E-state index is 0.144. The van der Waals surface area contributed by atoms with E-state index in [1.807, 2.05) is 20.8 Å². The van der Waals surface area contributed by atoms with E-state index in [-0.39, 0.29) is 5.60 Å². The first kappa shape index (κ1) is 13.4. The van der Waals surface area contributed by atoms with Gasteiger partial charge < -0.3 is 15.2 Å². The van der Waals surface area contributed by atoms with Gasteiger partial charge in [-0.1, -0.05) is 0 Å². The van der Waals surface area contributed by atoms with E-state index in [0.717, 1.165) is 12.8 Å². The van der Waals surface area contributed by atoms with Crippen LogP contribution >= 0.6 is 0 Å². The summed E-state index contributed by atoms with van der Waals surface area (Å²) in [6.45, 7) is 7.33. The summed E-state index contributed by atoms with van der Waals surface area (Å²) in [5, 5.41) is 9.00. The fraction of sp³-hybridized carbons (Fsp3) is 0.917. The molecular weight excluding hydrogens is 204 g/mol. The first-order valence-electron chi connectivity index (χ1n) is 5.79. The van der Waals surface area contributed by atoms with Crippen LogP contribution in [0.4, 0.5) is 0 Å². The van der Waals surface area contributed by atoms with Gasteiger partial charge in [0.05, 0.1) is 31.5 Å². The van der Waals surface area contributed by atoms with Crippen LogP contribution in [0.1, 0.15) is 33.6 Å². The molecule has 1 aliphatic rings. The highest BCUT2D eigenvalue weighted by Crippen LogP contribution is 2.38. The van der Waals surface area contributed by atoms with Gasteiger partial charge in [0.25, 0.3) is 0 Å². The third-order valence-corrected chi connectivity index (χ3v) is 2.62. The zero-order valence-corrected chi connectivity index (χ0v) is 10.5. The first-order chi connectivity index (χ1) is 7.37. The van der Waals surface area contributed by atoms with E-state index in [0.29, 0.717) is 25.7 Å². The Labute approximate surface area is 97.7 Å². The standard InChI is InChI=1S/C12H22N2O2/c1-11(2,3)16-7-6-15-9-12(14,8-13)10-4-5-10/h10H,4-7,9,14H2,1-3H3. The highest BCUT2D eigenvalue weighted by atomic mass is 16.5. The van der Waals surface area contributed by atoms with Crippen LogP contribution in [0.5, 0.6) is 0 Å². The van der Waals surface area contributed by atoms with Gasteiger partial charge in [0, 0.05) is 0 Å². The molecule has 0 amide bonds. The van der Waals surface area contributed by atoms with Crippen LogP contribution in [0.3, 0.4) is 0 Å². The first-order valence-corrected chi connectivity index (χ1v) is 5.79. The lowest BCUT2D eigenvalue weighted by Crippen LogP contribution is -2.45. The molecule has 0 aromatic heterocycles. The van der Waals surface area contributed by atoms with Crippen molar-refractivity contribution >= 4 is 0 Å². The maximum Gasteiger partial charge on any atom is 0.130 e. The van der Waals surface area contributed by atoms with Crippen molar-refractivity contribution in [1.82, 2.24) is 0 Å². The van der Waals surface area contributed by atoms with Crippen LogP contribution in [-0.4, -0.2) is 31.0 Å². The van der Waals surface area contributed by atoms with Crippen molar-refractivity contribution < 1.29 is 9.47 Å². The van der Waals surface area contributed by atoms with Gasteiger partial charge in [-0.05, 0) is 39.5 Å². The molecule has 0 aromatic rings. The maximum absolute atomic E-state index is 9.00. The van der Waals surface area contributed by atoms with Gasteiger partial charge in [0.2, 0.25) is 0 Å². The van der Waals surface area contributed by atoms with E-state index >= 15 is 0 Å². The number of rotatable bonds is 6. The molecule has 1 saturated carbocycles. The number of nitrogens with two attached hydrogens (primary N) is 1. The van der Waals surface area contributed by atoms with Crippen molar-refractivity contribution in [2.75, 3.05) is 19.8 Å². The molecule has 0 aliphatic heterocycles. The predicted octanol–water partition coefficient (Wildman–Crippen LogP) is 1.45. The molecule has 16 heavy (non-hydrogen) atoms. The minimum Gasteiger partial charge on any atom is -0.376 e. The van der Waals surface area contributed by atoms with E-state index in [1.165, 1.54) is 0 Å². The summed E-state index contributed by atoms with van der Waals surface area (Å²) < 4.78 is 10.9. The monoisotopic (exact) mass is 226 g/mol. The van der Waals surface area contributed by atoms with E-state index in [4.69, 9.17) is 20.5 Å². The quantitative estimate of drug-likeness (QED) is 0.696. The normalized spacial score (nSPS) is 20.2. The zero-order chi connectivity index (χ0) is 12.2. The SMILES string of the molecule is CC(C)(C)OCCOCC(N)(C#N)C1CC1. The molecule has 1 atom stereocenters. The topological polar surface area (TPSA) is 68.3 Å². The molecule has 1 unspecified atom stereocenters. The number of nitriles is 1. The van der Waals surface area contributed by atoms with Crippen molar-refractivity contribution in [3.05, 3.63) is 0 Å². The second-order valence-electron chi connectivity index (χ2n) is 5.44. The number of hydrogen-bond acceptors (Lipinski definition) is 4. The van der Waals surface area contributed by atoms with E-state index in [9.17, 15) is 0 Å². The third-order valence-electron chi connectivity index (χ3n) is 2.62. The van der Waals surface area contributed by atoms with Crippen molar-refractivity contribution in [3.8, 4) is 6.07 Å². The molecule has 0 radical (unpaired) electrons. The van der Waals surface area contributed by atoms with Gasteiger partial charge in [-0.15, -0.1) is 0 Å². The Kier molecular flexibility index (Phi) is 4.31. The van der Waals surface area contributed by atoms with Crippen molar-refractivity contribution in [1.29, 1.82) is 5.26 Å². The number of nitrogens with zero attached hydrogens (tertiary/aromatic N) is 1.